The molecule has 1 atom stereocenters. The molecule has 94 valence electrons. The van der Waals surface area contributed by atoms with Gasteiger partial charge in [-0.1, -0.05) is 6.07 Å². The van der Waals surface area contributed by atoms with Crippen molar-refractivity contribution < 1.29 is 9.47 Å². The minimum Gasteiger partial charge on any atom is -0.493 e. The molecule has 1 unspecified atom stereocenters. The van der Waals surface area contributed by atoms with Crippen molar-refractivity contribution in [1.82, 2.24) is 5.32 Å². The fourth-order valence-corrected chi connectivity index (χ4v) is 2.34. The number of nitrogens with one attached hydrogen (secondary N) is 1. The van der Waals surface area contributed by atoms with Crippen LogP contribution in [0.2, 0.25) is 0 Å². The summed E-state index contributed by atoms with van der Waals surface area (Å²) in [5.41, 5.74) is 1.33. The molecule has 1 fully saturated rings. The van der Waals surface area contributed by atoms with E-state index in [0.717, 1.165) is 36.9 Å². The van der Waals surface area contributed by atoms with Crippen LogP contribution in [0.5, 0.6) is 11.5 Å². The molecule has 0 bridgehead atoms. The summed E-state index contributed by atoms with van der Waals surface area (Å²) in [6.07, 6.45) is 2.39. The lowest BCUT2D eigenvalue weighted by Crippen LogP contribution is -2.10. The first-order chi connectivity index (χ1) is 8.33. The molecule has 1 aliphatic heterocycles. The zero-order chi connectivity index (χ0) is 12.1. The molecule has 1 heterocycles. The van der Waals surface area contributed by atoms with Gasteiger partial charge in [0.25, 0.3) is 0 Å². The lowest BCUT2D eigenvalue weighted by Gasteiger charge is -2.13. The topological polar surface area (TPSA) is 30.5 Å². The maximum absolute atomic E-state index is 5.52. The minimum absolute atomic E-state index is 0.669. The summed E-state index contributed by atoms with van der Waals surface area (Å²) >= 11 is 0. The summed E-state index contributed by atoms with van der Waals surface area (Å²) in [6, 6.07) is 6.26. The van der Waals surface area contributed by atoms with Crippen molar-refractivity contribution >= 4 is 0 Å². The second-order valence-corrected chi connectivity index (χ2v) is 4.48. The van der Waals surface area contributed by atoms with Gasteiger partial charge < -0.3 is 14.8 Å². The molecular weight excluding hydrogens is 214 g/mol. The van der Waals surface area contributed by atoms with Crippen LogP contribution in [0.3, 0.4) is 0 Å². The third kappa shape index (κ3) is 3.13. The first-order valence-corrected chi connectivity index (χ1v) is 6.34. The maximum Gasteiger partial charge on any atom is 0.161 e. The van der Waals surface area contributed by atoms with Crippen molar-refractivity contribution in [2.45, 2.75) is 19.8 Å². The van der Waals surface area contributed by atoms with Gasteiger partial charge in [-0.3, -0.25) is 0 Å². The normalized spacial score (nSPS) is 19.3. The van der Waals surface area contributed by atoms with E-state index < -0.39 is 0 Å². The summed E-state index contributed by atoms with van der Waals surface area (Å²) in [4.78, 5) is 0. The molecule has 0 spiro atoms. The van der Waals surface area contributed by atoms with Gasteiger partial charge in [0, 0.05) is 0 Å². The van der Waals surface area contributed by atoms with E-state index in [1.54, 1.807) is 7.11 Å². The Balaban J connectivity index is 2.07. The van der Waals surface area contributed by atoms with Gasteiger partial charge in [-0.25, -0.2) is 0 Å². The van der Waals surface area contributed by atoms with Crippen molar-refractivity contribution in [3.63, 3.8) is 0 Å². The highest BCUT2D eigenvalue weighted by molar-refractivity contribution is 5.43. The van der Waals surface area contributed by atoms with E-state index in [-0.39, 0.29) is 0 Å². The van der Waals surface area contributed by atoms with E-state index in [9.17, 15) is 0 Å². The smallest absolute Gasteiger partial charge is 0.161 e. The Kier molecular flexibility index (Phi) is 4.26. The Labute approximate surface area is 103 Å². The Morgan fingerprint density at radius 2 is 2.24 bits per heavy atom. The van der Waals surface area contributed by atoms with Gasteiger partial charge in [-0.15, -0.1) is 0 Å². The summed E-state index contributed by atoms with van der Waals surface area (Å²) in [7, 11) is 1.69. The quantitative estimate of drug-likeness (QED) is 0.849. The van der Waals surface area contributed by atoms with E-state index in [1.807, 2.05) is 13.0 Å². The first kappa shape index (κ1) is 12.2. The van der Waals surface area contributed by atoms with Crippen LogP contribution >= 0.6 is 0 Å². The summed E-state index contributed by atoms with van der Waals surface area (Å²) in [5.74, 6) is 2.44. The van der Waals surface area contributed by atoms with E-state index >= 15 is 0 Å². The number of rotatable bonds is 5. The molecule has 0 saturated carbocycles. The van der Waals surface area contributed by atoms with Crippen LogP contribution in [-0.4, -0.2) is 26.8 Å². The summed E-state index contributed by atoms with van der Waals surface area (Å²) in [5, 5.41) is 3.40. The van der Waals surface area contributed by atoms with Crippen molar-refractivity contribution in [1.29, 1.82) is 0 Å². The average molecular weight is 235 g/mol. The second kappa shape index (κ2) is 5.92. The number of hydrogen-bond acceptors (Lipinski definition) is 3. The molecule has 0 aliphatic carbocycles. The molecular formula is C14H21NO2. The predicted molar refractivity (Wildman–Crippen MR) is 68.8 cm³/mol. The molecule has 0 amide bonds. The lowest BCUT2D eigenvalue weighted by molar-refractivity contribution is 0.310. The zero-order valence-electron chi connectivity index (χ0n) is 10.7. The van der Waals surface area contributed by atoms with Gasteiger partial charge in [0.05, 0.1) is 13.7 Å². The third-order valence-corrected chi connectivity index (χ3v) is 3.21. The molecule has 1 aromatic rings. The van der Waals surface area contributed by atoms with Gasteiger partial charge in [0.1, 0.15) is 0 Å². The molecule has 0 radical (unpaired) electrons. The second-order valence-electron chi connectivity index (χ2n) is 4.48. The van der Waals surface area contributed by atoms with Crippen molar-refractivity contribution in [3.05, 3.63) is 23.8 Å². The van der Waals surface area contributed by atoms with Crippen LogP contribution in [0.4, 0.5) is 0 Å². The molecule has 17 heavy (non-hydrogen) atoms. The van der Waals surface area contributed by atoms with Gasteiger partial charge in [-0.2, -0.15) is 0 Å². The standard InChI is InChI=1S/C14H21NO2/c1-3-17-13-5-4-11(9-14(13)16-2)8-12-6-7-15-10-12/h4-5,9,12,15H,3,6-8,10H2,1-2H3. The molecule has 3 heteroatoms. The highest BCUT2D eigenvalue weighted by Crippen LogP contribution is 2.29. The Hall–Kier alpha value is -1.22. The first-order valence-electron chi connectivity index (χ1n) is 6.34. The Bertz CT molecular complexity index is 359. The van der Waals surface area contributed by atoms with Crippen LogP contribution in [0.15, 0.2) is 18.2 Å². The monoisotopic (exact) mass is 235 g/mol. The SMILES string of the molecule is CCOc1ccc(CC2CCNC2)cc1OC. The van der Waals surface area contributed by atoms with Crippen LogP contribution in [0.1, 0.15) is 18.9 Å². The largest absolute Gasteiger partial charge is 0.493 e. The van der Waals surface area contributed by atoms with Crippen molar-refractivity contribution in [3.8, 4) is 11.5 Å². The molecule has 1 aromatic carbocycles. The highest BCUT2D eigenvalue weighted by Gasteiger charge is 2.15. The molecule has 0 aromatic heterocycles. The van der Waals surface area contributed by atoms with Crippen molar-refractivity contribution in [2.75, 3.05) is 26.8 Å². The summed E-state index contributed by atoms with van der Waals surface area (Å²) < 4.78 is 10.9. The van der Waals surface area contributed by atoms with Gasteiger partial charge in [0.2, 0.25) is 0 Å². The number of hydrogen-bond donors (Lipinski definition) is 1. The average Bonchev–Trinajstić information content (AvgIpc) is 2.84. The number of methoxy groups -OCH3 is 1. The van der Waals surface area contributed by atoms with Gasteiger partial charge in [-0.05, 0) is 56.5 Å². The molecule has 3 nitrogen and oxygen atoms in total. The van der Waals surface area contributed by atoms with Crippen molar-refractivity contribution in [2.24, 2.45) is 5.92 Å². The highest BCUT2D eigenvalue weighted by atomic mass is 16.5. The Morgan fingerprint density at radius 3 is 2.88 bits per heavy atom. The zero-order valence-corrected chi connectivity index (χ0v) is 10.7. The summed E-state index contributed by atoms with van der Waals surface area (Å²) in [6.45, 7) is 4.94. The fourth-order valence-electron chi connectivity index (χ4n) is 2.34. The van der Waals surface area contributed by atoms with Crippen LogP contribution in [0, 0.1) is 5.92 Å². The lowest BCUT2D eigenvalue weighted by atomic mass is 9.98. The minimum atomic E-state index is 0.669. The van der Waals surface area contributed by atoms with E-state index in [2.05, 4.69) is 17.4 Å². The third-order valence-electron chi connectivity index (χ3n) is 3.21. The molecule has 1 N–H and O–H groups in total. The van der Waals surface area contributed by atoms with Gasteiger partial charge in [0.15, 0.2) is 11.5 Å². The van der Waals surface area contributed by atoms with Crippen LogP contribution in [0.25, 0.3) is 0 Å². The molecule has 1 saturated heterocycles. The maximum atomic E-state index is 5.52. The molecule has 2 rings (SSSR count). The van der Waals surface area contributed by atoms with Crippen LogP contribution in [-0.2, 0) is 6.42 Å². The number of benzene rings is 1. The fraction of sp³-hybridized carbons (Fsp3) is 0.571. The van der Waals surface area contributed by atoms with Gasteiger partial charge >= 0.3 is 0 Å². The predicted octanol–water partition coefficient (Wildman–Crippen LogP) is 2.25. The van der Waals surface area contributed by atoms with Crippen LogP contribution < -0.4 is 14.8 Å². The Morgan fingerprint density at radius 1 is 1.35 bits per heavy atom. The molecule has 1 aliphatic rings. The van der Waals surface area contributed by atoms with E-state index in [0.29, 0.717) is 6.61 Å². The van der Waals surface area contributed by atoms with E-state index in [4.69, 9.17) is 9.47 Å². The number of ether oxygens (including phenoxy) is 2. The van der Waals surface area contributed by atoms with E-state index in [1.165, 1.54) is 12.0 Å².